The summed E-state index contributed by atoms with van der Waals surface area (Å²) in [6, 6.07) is 30.9. The summed E-state index contributed by atoms with van der Waals surface area (Å²) in [5.74, 6) is -0.0512. The largest absolute Gasteiger partial charge is 0.497 e. The van der Waals surface area contributed by atoms with Crippen LogP contribution in [0.5, 0.6) is 5.75 Å². The second-order valence-electron chi connectivity index (χ2n) is 11.4. The lowest BCUT2D eigenvalue weighted by molar-refractivity contribution is -0.140. The minimum absolute atomic E-state index is 0.0503. The number of sulfonamides is 1. The van der Waals surface area contributed by atoms with Crippen LogP contribution in [0.4, 0.5) is 5.69 Å². The summed E-state index contributed by atoms with van der Waals surface area (Å²) in [5, 5.41) is 3.01. The van der Waals surface area contributed by atoms with Crippen molar-refractivity contribution in [2.45, 2.75) is 44.7 Å². The molecule has 0 spiro atoms. The average molecular weight is 628 g/mol. The van der Waals surface area contributed by atoms with Crippen molar-refractivity contribution < 1.29 is 22.7 Å². The zero-order valence-electron chi connectivity index (χ0n) is 26.2. The minimum Gasteiger partial charge on any atom is -0.497 e. The van der Waals surface area contributed by atoms with Gasteiger partial charge in [0.25, 0.3) is 10.0 Å². The number of ether oxygens (including phenoxy) is 1. The molecule has 1 N–H and O–H groups in total. The second-order valence-corrected chi connectivity index (χ2v) is 13.2. The fourth-order valence-corrected chi connectivity index (χ4v) is 6.42. The van der Waals surface area contributed by atoms with Gasteiger partial charge in [0.2, 0.25) is 11.8 Å². The van der Waals surface area contributed by atoms with Gasteiger partial charge in [-0.1, -0.05) is 92.2 Å². The molecule has 45 heavy (non-hydrogen) atoms. The Bertz CT molecular complexity index is 1660. The maximum Gasteiger partial charge on any atom is 0.264 e. The summed E-state index contributed by atoms with van der Waals surface area (Å²) in [6.45, 7) is 6.01. The van der Waals surface area contributed by atoms with Crippen LogP contribution >= 0.6 is 0 Å². The molecule has 0 radical (unpaired) electrons. The molecule has 4 rings (SSSR count). The Kier molecular flexibility index (Phi) is 11.4. The third-order valence-corrected chi connectivity index (χ3v) is 9.15. The Morgan fingerprint density at radius 2 is 1.44 bits per heavy atom. The maximum atomic E-state index is 14.5. The molecule has 0 aromatic heterocycles. The van der Waals surface area contributed by atoms with Gasteiger partial charge < -0.3 is 15.0 Å². The van der Waals surface area contributed by atoms with Gasteiger partial charge in [0.15, 0.2) is 0 Å². The van der Waals surface area contributed by atoms with Crippen molar-refractivity contribution in [2.75, 3.05) is 24.5 Å². The highest BCUT2D eigenvalue weighted by Crippen LogP contribution is 2.27. The predicted molar refractivity (Wildman–Crippen MR) is 177 cm³/mol. The van der Waals surface area contributed by atoms with Crippen LogP contribution < -0.4 is 14.4 Å². The molecule has 236 valence electrons. The quantitative estimate of drug-likeness (QED) is 0.196. The molecule has 4 aromatic carbocycles. The topological polar surface area (TPSA) is 96.0 Å². The zero-order chi connectivity index (χ0) is 32.4. The molecule has 0 heterocycles. The summed E-state index contributed by atoms with van der Waals surface area (Å²) >= 11 is 0. The summed E-state index contributed by atoms with van der Waals surface area (Å²) in [7, 11) is -2.64. The molecule has 0 bridgehead atoms. The number of benzene rings is 4. The number of rotatable bonds is 14. The van der Waals surface area contributed by atoms with E-state index in [1.165, 1.54) is 24.1 Å². The third-order valence-electron chi connectivity index (χ3n) is 7.36. The van der Waals surface area contributed by atoms with Crippen LogP contribution in [-0.4, -0.2) is 51.4 Å². The number of hydrogen-bond donors (Lipinski definition) is 1. The van der Waals surface area contributed by atoms with E-state index in [1.807, 2.05) is 75.4 Å². The molecular weight excluding hydrogens is 586 g/mol. The number of nitrogens with zero attached hydrogens (tertiary/aromatic N) is 2. The Labute approximate surface area is 266 Å². The van der Waals surface area contributed by atoms with Gasteiger partial charge in [-0.05, 0) is 60.4 Å². The number of aryl methyl sites for hydroxylation is 1. The highest BCUT2D eigenvalue weighted by atomic mass is 32.2. The van der Waals surface area contributed by atoms with Crippen LogP contribution in [0, 0.1) is 12.8 Å². The molecule has 1 atom stereocenters. The Morgan fingerprint density at radius 3 is 2.04 bits per heavy atom. The van der Waals surface area contributed by atoms with E-state index < -0.39 is 28.5 Å². The van der Waals surface area contributed by atoms with Crippen LogP contribution in [0.15, 0.2) is 114 Å². The van der Waals surface area contributed by atoms with Crippen molar-refractivity contribution in [2.24, 2.45) is 5.92 Å². The molecule has 9 heteroatoms. The standard InChI is InChI=1S/C36H41N3O5S/c1-27(2)24-37-36(41)34(23-29-13-7-5-8-14-29)38(25-30-15-11-12-28(3)22-30)35(40)26-39(31-18-20-32(44-4)21-19-31)45(42,43)33-16-9-6-10-17-33/h5-22,27,34H,23-26H2,1-4H3,(H,37,41)/t34-/m1/s1. The number of carbonyl (C=O) groups excluding carboxylic acids is 2. The number of carbonyl (C=O) groups is 2. The Balaban J connectivity index is 1.79. The van der Waals surface area contributed by atoms with Crippen molar-refractivity contribution >= 4 is 27.5 Å². The monoisotopic (exact) mass is 627 g/mol. The lowest BCUT2D eigenvalue weighted by atomic mass is 10.0. The first-order chi connectivity index (χ1) is 21.6. The van der Waals surface area contributed by atoms with Crippen LogP contribution in [0.1, 0.15) is 30.5 Å². The number of hydrogen-bond acceptors (Lipinski definition) is 5. The van der Waals surface area contributed by atoms with Crippen molar-refractivity contribution in [1.29, 1.82) is 0 Å². The molecule has 8 nitrogen and oxygen atoms in total. The van der Waals surface area contributed by atoms with Gasteiger partial charge in [0, 0.05) is 19.5 Å². The summed E-state index contributed by atoms with van der Waals surface area (Å²) in [4.78, 5) is 29.9. The highest BCUT2D eigenvalue weighted by molar-refractivity contribution is 7.92. The van der Waals surface area contributed by atoms with Gasteiger partial charge in [-0.15, -0.1) is 0 Å². The summed E-state index contributed by atoms with van der Waals surface area (Å²) in [5.41, 5.74) is 3.02. The molecule has 0 aliphatic rings. The van der Waals surface area contributed by atoms with Crippen molar-refractivity contribution in [3.8, 4) is 5.75 Å². The van der Waals surface area contributed by atoms with Crippen molar-refractivity contribution in [1.82, 2.24) is 10.2 Å². The molecule has 0 fully saturated rings. The predicted octanol–water partition coefficient (Wildman–Crippen LogP) is 5.61. The fourth-order valence-electron chi connectivity index (χ4n) is 4.98. The smallest absolute Gasteiger partial charge is 0.264 e. The van der Waals surface area contributed by atoms with Crippen LogP contribution in [-0.2, 0) is 32.6 Å². The van der Waals surface area contributed by atoms with Gasteiger partial charge in [-0.3, -0.25) is 13.9 Å². The average Bonchev–Trinajstić information content (AvgIpc) is 3.05. The zero-order valence-corrected chi connectivity index (χ0v) is 27.0. The third kappa shape index (κ3) is 8.95. The Morgan fingerprint density at radius 1 is 0.822 bits per heavy atom. The summed E-state index contributed by atoms with van der Waals surface area (Å²) in [6.07, 6.45) is 0.260. The molecule has 0 unspecified atom stereocenters. The minimum atomic E-state index is -4.16. The van der Waals surface area contributed by atoms with E-state index in [1.54, 1.807) is 42.5 Å². The normalized spacial score (nSPS) is 11.9. The molecule has 0 saturated carbocycles. The van der Waals surface area contributed by atoms with E-state index in [4.69, 9.17) is 4.74 Å². The molecular formula is C36H41N3O5S. The Hall–Kier alpha value is -4.63. The highest BCUT2D eigenvalue weighted by Gasteiger charge is 2.34. The number of amides is 2. The lowest BCUT2D eigenvalue weighted by Gasteiger charge is -2.34. The van der Waals surface area contributed by atoms with Gasteiger partial charge >= 0.3 is 0 Å². The van der Waals surface area contributed by atoms with Gasteiger partial charge in [0.05, 0.1) is 17.7 Å². The van der Waals surface area contributed by atoms with Crippen LogP contribution in [0.2, 0.25) is 0 Å². The SMILES string of the molecule is COc1ccc(N(CC(=O)N(Cc2cccc(C)c2)[C@H](Cc2ccccc2)C(=O)NCC(C)C)S(=O)(=O)c2ccccc2)cc1. The van der Waals surface area contributed by atoms with Crippen molar-refractivity contribution in [3.63, 3.8) is 0 Å². The first-order valence-corrected chi connectivity index (χ1v) is 16.4. The number of methoxy groups -OCH3 is 1. The first kappa shape index (κ1) is 33.3. The maximum absolute atomic E-state index is 14.5. The summed E-state index contributed by atoms with van der Waals surface area (Å²) < 4.78 is 34.5. The van der Waals surface area contributed by atoms with E-state index in [9.17, 15) is 18.0 Å². The van der Waals surface area contributed by atoms with Gasteiger partial charge in [0.1, 0.15) is 18.3 Å². The lowest BCUT2D eigenvalue weighted by Crippen LogP contribution is -2.53. The van der Waals surface area contributed by atoms with Crippen LogP contribution in [0.3, 0.4) is 0 Å². The van der Waals surface area contributed by atoms with Crippen molar-refractivity contribution in [3.05, 3.63) is 126 Å². The molecule has 0 aliphatic carbocycles. The first-order valence-electron chi connectivity index (χ1n) is 15.0. The number of nitrogens with one attached hydrogen (secondary N) is 1. The van der Waals surface area contributed by atoms with E-state index in [-0.39, 0.29) is 29.7 Å². The molecule has 0 aliphatic heterocycles. The van der Waals surface area contributed by atoms with Gasteiger partial charge in [-0.2, -0.15) is 0 Å². The van der Waals surface area contributed by atoms with E-state index in [2.05, 4.69) is 5.32 Å². The fraction of sp³-hybridized carbons (Fsp3) is 0.278. The van der Waals surface area contributed by atoms with E-state index >= 15 is 0 Å². The molecule has 2 amide bonds. The second kappa shape index (κ2) is 15.4. The molecule has 0 saturated heterocycles. The van der Waals surface area contributed by atoms with Crippen LogP contribution in [0.25, 0.3) is 0 Å². The van der Waals surface area contributed by atoms with E-state index in [0.29, 0.717) is 18.0 Å². The number of anilines is 1. The molecule has 4 aromatic rings. The van der Waals surface area contributed by atoms with E-state index in [0.717, 1.165) is 21.0 Å². The van der Waals surface area contributed by atoms with Gasteiger partial charge in [-0.25, -0.2) is 8.42 Å².